The van der Waals surface area contributed by atoms with Crippen LogP contribution in [-0.4, -0.2) is 10.0 Å². The maximum absolute atomic E-state index is 14.6. The van der Waals surface area contributed by atoms with Gasteiger partial charge in [-0.1, -0.05) is 60.7 Å². The highest BCUT2D eigenvalue weighted by Gasteiger charge is 2.18. The van der Waals surface area contributed by atoms with E-state index in [0.717, 1.165) is 11.3 Å². The van der Waals surface area contributed by atoms with Crippen molar-refractivity contribution in [3.63, 3.8) is 0 Å². The summed E-state index contributed by atoms with van der Waals surface area (Å²) in [5, 5.41) is 13.8. The van der Waals surface area contributed by atoms with Crippen LogP contribution in [0.4, 0.5) is 15.8 Å². The summed E-state index contributed by atoms with van der Waals surface area (Å²) in [4.78, 5) is 12.2. The monoisotopic (exact) mass is 395 g/mol. The van der Waals surface area contributed by atoms with Crippen LogP contribution >= 0.6 is 12.2 Å². The Morgan fingerprint density at radius 3 is 2.14 bits per heavy atom. The molecule has 0 spiro atoms. The molecule has 0 saturated heterocycles. The molecule has 0 aliphatic heterocycles. The number of benzene rings is 3. The predicted octanol–water partition coefficient (Wildman–Crippen LogP) is 5.14. The average molecular weight is 395 g/mol. The number of nitro groups is 1. The van der Waals surface area contributed by atoms with Crippen LogP contribution in [-0.2, 0) is 6.54 Å². The van der Waals surface area contributed by atoms with E-state index in [2.05, 4.69) is 5.32 Å². The molecule has 0 saturated carbocycles. The molecule has 1 atom stereocenters. The van der Waals surface area contributed by atoms with E-state index in [1.807, 2.05) is 36.4 Å². The molecule has 0 fully saturated rings. The van der Waals surface area contributed by atoms with Crippen molar-refractivity contribution < 1.29 is 9.31 Å². The molecular weight excluding hydrogens is 377 g/mol. The summed E-state index contributed by atoms with van der Waals surface area (Å²) in [6.07, 6.45) is -1.45. The largest absolute Gasteiger partial charge is 0.329 e. The Morgan fingerprint density at radius 2 is 1.57 bits per heavy atom. The lowest BCUT2D eigenvalue weighted by atomic mass is 10.2. The number of para-hydroxylation sites is 1. The zero-order chi connectivity index (χ0) is 19.9. The second-order valence-corrected chi connectivity index (χ2v) is 6.45. The van der Waals surface area contributed by atoms with E-state index in [1.54, 1.807) is 41.3 Å². The number of hydrogen-bond donors (Lipinski definition) is 1. The van der Waals surface area contributed by atoms with Crippen molar-refractivity contribution in [3.05, 3.63) is 106 Å². The molecule has 0 radical (unpaired) electrons. The summed E-state index contributed by atoms with van der Waals surface area (Å²) in [6.45, 7) is 0.343. The topological polar surface area (TPSA) is 58.4 Å². The van der Waals surface area contributed by atoms with E-state index in [-0.39, 0.29) is 10.8 Å². The molecule has 0 heterocycles. The molecule has 1 N–H and O–H groups in total. The summed E-state index contributed by atoms with van der Waals surface area (Å²) >= 11 is 5.47. The molecule has 142 valence electrons. The molecule has 28 heavy (non-hydrogen) atoms. The molecule has 7 heteroatoms. The molecule has 3 aromatic rings. The lowest BCUT2D eigenvalue weighted by molar-refractivity contribution is -0.384. The summed E-state index contributed by atoms with van der Waals surface area (Å²) < 4.78 is 14.6. The fourth-order valence-corrected chi connectivity index (χ4v) is 2.96. The van der Waals surface area contributed by atoms with Crippen LogP contribution in [0.15, 0.2) is 84.9 Å². The Labute approximate surface area is 167 Å². The number of rotatable bonds is 6. The van der Waals surface area contributed by atoms with Crippen LogP contribution in [0.1, 0.15) is 17.4 Å². The van der Waals surface area contributed by atoms with Gasteiger partial charge in [-0.2, -0.15) is 0 Å². The van der Waals surface area contributed by atoms with Gasteiger partial charge in [0.2, 0.25) is 0 Å². The summed E-state index contributed by atoms with van der Waals surface area (Å²) in [6, 6.07) is 24.3. The maximum atomic E-state index is 14.6. The highest BCUT2D eigenvalue weighted by Crippen LogP contribution is 2.21. The first kappa shape index (κ1) is 19.4. The standard InChI is InChI=1S/C21H18FN3O2S/c22-20(17-7-3-1-4-8-17)23-21(28)24(18-9-5-2-6-10-18)15-16-11-13-19(14-12-16)25(26)27/h1-14,20H,15H2,(H,23,28). The van der Waals surface area contributed by atoms with Gasteiger partial charge in [0.15, 0.2) is 11.4 Å². The second-order valence-electron chi connectivity index (χ2n) is 6.07. The van der Waals surface area contributed by atoms with Gasteiger partial charge in [0.25, 0.3) is 5.69 Å². The van der Waals surface area contributed by atoms with Gasteiger partial charge >= 0.3 is 0 Å². The van der Waals surface area contributed by atoms with Crippen molar-refractivity contribution in [3.8, 4) is 0 Å². The molecular formula is C21H18FN3O2S. The van der Waals surface area contributed by atoms with E-state index in [4.69, 9.17) is 12.2 Å². The van der Waals surface area contributed by atoms with Crippen LogP contribution < -0.4 is 10.2 Å². The molecule has 5 nitrogen and oxygen atoms in total. The summed E-state index contributed by atoms with van der Waals surface area (Å²) in [7, 11) is 0. The third kappa shape index (κ3) is 4.89. The van der Waals surface area contributed by atoms with Crippen molar-refractivity contribution in [2.24, 2.45) is 0 Å². The van der Waals surface area contributed by atoms with Gasteiger partial charge in [-0.15, -0.1) is 0 Å². The smallest absolute Gasteiger partial charge is 0.269 e. The lowest BCUT2D eigenvalue weighted by Gasteiger charge is -2.27. The first-order chi connectivity index (χ1) is 13.5. The van der Waals surface area contributed by atoms with Gasteiger partial charge in [0, 0.05) is 23.4 Å². The molecule has 0 aromatic heterocycles. The van der Waals surface area contributed by atoms with E-state index < -0.39 is 11.2 Å². The SMILES string of the molecule is O=[N+]([O-])c1ccc(CN(C(=S)NC(F)c2ccccc2)c2ccccc2)cc1. The number of nitrogens with zero attached hydrogens (tertiary/aromatic N) is 2. The summed E-state index contributed by atoms with van der Waals surface area (Å²) in [5.74, 6) is 0. The highest BCUT2D eigenvalue weighted by atomic mass is 32.1. The minimum absolute atomic E-state index is 0.0172. The third-order valence-electron chi connectivity index (χ3n) is 4.14. The van der Waals surface area contributed by atoms with E-state index in [0.29, 0.717) is 12.1 Å². The van der Waals surface area contributed by atoms with Crippen molar-refractivity contribution in [2.45, 2.75) is 12.8 Å². The van der Waals surface area contributed by atoms with Crippen molar-refractivity contribution in [2.75, 3.05) is 4.90 Å². The zero-order valence-electron chi connectivity index (χ0n) is 14.9. The number of alkyl halides is 1. The first-order valence-corrected chi connectivity index (χ1v) is 9.01. The quantitative estimate of drug-likeness (QED) is 0.271. The Bertz CT molecular complexity index is 937. The minimum atomic E-state index is -1.45. The van der Waals surface area contributed by atoms with Gasteiger partial charge < -0.3 is 10.2 Å². The molecule has 0 bridgehead atoms. The van der Waals surface area contributed by atoms with E-state index in [1.165, 1.54) is 12.1 Å². The Kier molecular flexibility index (Phi) is 6.29. The van der Waals surface area contributed by atoms with Crippen LogP contribution in [0.25, 0.3) is 0 Å². The number of nitro benzene ring substituents is 1. The van der Waals surface area contributed by atoms with Crippen LogP contribution in [0.2, 0.25) is 0 Å². The fourth-order valence-electron chi connectivity index (χ4n) is 2.69. The lowest BCUT2D eigenvalue weighted by Crippen LogP contribution is -2.40. The van der Waals surface area contributed by atoms with Crippen LogP contribution in [0, 0.1) is 10.1 Å². The molecule has 3 rings (SSSR count). The molecule has 0 aliphatic carbocycles. The minimum Gasteiger partial charge on any atom is -0.329 e. The summed E-state index contributed by atoms with van der Waals surface area (Å²) in [5.41, 5.74) is 2.10. The second kappa shape index (κ2) is 9.05. The highest BCUT2D eigenvalue weighted by molar-refractivity contribution is 7.80. The molecule has 3 aromatic carbocycles. The predicted molar refractivity (Wildman–Crippen MR) is 112 cm³/mol. The van der Waals surface area contributed by atoms with Crippen LogP contribution in [0.3, 0.4) is 0 Å². The van der Waals surface area contributed by atoms with Gasteiger partial charge in [-0.05, 0) is 29.9 Å². The van der Waals surface area contributed by atoms with Crippen molar-refractivity contribution >= 4 is 28.7 Å². The first-order valence-electron chi connectivity index (χ1n) is 8.60. The number of nitrogens with one attached hydrogen (secondary N) is 1. The Balaban J connectivity index is 1.81. The molecule has 0 amide bonds. The van der Waals surface area contributed by atoms with Crippen LogP contribution in [0.5, 0.6) is 0 Å². The average Bonchev–Trinajstić information content (AvgIpc) is 2.73. The van der Waals surface area contributed by atoms with Gasteiger partial charge in [0.05, 0.1) is 11.5 Å². The fraction of sp³-hybridized carbons (Fsp3) is 0.0952. The Hall–Kier alpha value is -3.32. The third-order valence-corrected chi connectivity index (χ3v) is 4.48. The zero-order valence-corrected chi connectivity index (χ0v) is 15.7. The van der Waals surface area contributed by atoms with E-state index >= 15 is 0 Å². The normalized spacial score (nSPS) is 11.5. The number of non-ortho nitro benzene ring substituents is 1. The number of hydrogen-bond acceptors (Lipinski definition) is 3. The van der Waals surface area contributed by atoms with E-state index in [9.17, 15) is 14.5 Å². The number of anilines is 1. The number of halogens is 1. The van der Waals surface area contributed by atoms with Crippen molar-refractivity contribution in [1.29, 1.82) is 0 Å². The molecule has 0 aliphatic rings. The van der Waals surface area contributed by atoms with Gasteiger partial charge in [-0.3, -0.25) is 10.1 Å². The van der Waals surface area contributed by atoms with Crippen molar-refractivity contribution in [1.82, 2.24) is 5.32 Å². The Morgan fingerprint density at radius 1 is 1.00 bits per heavy atom. The maximum Gasteiger partial charge on any atom is 0.269 e. The number of thiocarbonyl (C=S) groups is 1. The van der Waals surface area contributed by atoms with Gasteiger partial charge in [0.1, 0.15) is 0 Å². The molecule has 1 unspecified atom stereocenters. The van der Waals surface area contributed by atoms with Gasteiger partial charge in [-0.25, -0.2) is 4.39 Å².